The van der Waals surface area contributed by atoms with E-state index in [1.165, 1.54) is 7.11 Å². The highest BCUT2D eigenvalue weighted by Gasteiger charge is 2.27. The Morgan fingerprint density at radius 3 is 2.32 bits per heavy atom. The number of benzene rings is 2. The highest BCUT2D eigenvalue weighted by molar-refractivity contribution is 7.89. The Morgan fingerprint density at radius 1 is 1.10 bits per heavy atom. The summed E-state index contributed by atoms with van der Waals surface area (Å²) in [7, 11) is -2.19. The van der Waals surface area contributed by atoms with E-state index in [-0.39, 0.29) is 29.7 Å². The van der Waals surface area contributed by atoms with Gasteiger partial charge in [0.05, 0.1) is 24.5 Å². The number of hydrogen-bond acceptors (Lipinski definition) is 5. The number of rotatable bonds is 10. The number of halogens is 1. The summed E-state index contributed by atoms with van der Waals surface area (Å²) >= 11 is 5.92. The zero-order valence-electron chi connectivity index (χ0n) is 17.1. The number of esters is 1. The molecule has 0 aliphatic heterocycles. The molecule has 0 bridgehead atoms. The summed E-state index contributed by atoms with van der Waals surface area (Å²) in [5.41, 5.74) is 1.59. The summed E-state index contributed by atoms with van der Waals surface area (Å²) in [4.78, 5) is 24.5. The van der Waals surface area contributed by atoms with Crippen molar-refractivity contribution in [3.63, 3.8) is 0 Å². The van der Waals surface area contributed by atoms with Crippen LogP contribution in [0.2, 0.25) is 5.02 Å². The second-order valence-corrected chi connectivity index (χ2v) is 9.64. The minimum atomic E-state index is -3.49. The normalized spacial score (nSPS) is 14.6. The number of nitrogens with one attached hydrogen (secondary N) is 2. The van der Waals surface area contributed by atoms with Crippen molar-refractivity contribution >= 4 is 33.5 Å². The first-order valence-electron chi connectivity index (χ1n) is 10.00. The van der Waals surface area contributed by atoms with Crippen LogP contribution in [0.15, 0.2) is 53.4 Å². The van der Waals surface area contributed by atoms with Gasteiger partial charge in [-0.05, 0) is 54.7 Å². The van der Waals surface area contributed by atoms with Gasteiger partial charge in [-0.2, -0.15) is 0 Å². The van der Waals surface area contributed by atoms with E-state index in [0.29, 0.717) is 11.4 Å². The summed E-state index contributed by atoms with van der Waals surface area (Å²) in [5, 5.41) is 3.42. The van der Waals surface area contributed by atoms with Crippen molar-refractivity contribution in [2.45, 2.75) is 49.1 Å². The molecule has 31 heavy (non-hydrogen) atoms. The first-order chi connectivity index (χ1) is 14.8. The lowest BCUT2D eigenvalue weighted by atomic mass is 10.0. The molecular weight excluding hydrogens is 440 g/mol. The first-order valence-corrected chi connectivity index (χ1v) is 11.9. The molecule has 1 atom stereocenters. The molecule has 0 heterocycles. The fraction of sp³-hybridized carbons (Fsp3) is 0.364. The maximum atomic E-state index is 12.5. The molecule has 7 nitrogen and oxygen atoms in total. The Bertz CT molecular complexity index is 1020. The molecule has 1 aliphatic carbocycles. The van der Waals surface area contributed by atoms with Crippen molar-refractivity contribution in [2.24, 2.45) is 0 Å². The molecule has 1 unspecified atom stereocenters. The fourth-order valence-corrected chi connectivity index (χ4v) is 4.48. The van der Waals surface area contributed by atoms with Gasteiger partial charge in [0.1, 0.15) is 0 Å². The van der Waals surface area contributed by atoms with Crippen LogP contribution in [0.1, 0.15) is 42.9 Å². The maximum absolute atomic E-state index is 12.5. The molecule has 0 saturated heterocycles. The molecule has 2 aromatic carbocycles. The van der Waals surface area contributed by atoms with Crippen LogP contribution < -0.4 is 10.0 Å². The largest absolute Gasteiger partial charge is 0.469 e. The van der Waals surface area contributed by atoms with Crippen LogP contribution in [0, 0.1) is 0 Å². The van der Waals surface area contributed by atoms with E-state index in [4.69, 9.17) is 16.3 Å². The molecule has 1 fully saturated rings. The van der Waals surface area contributed by atoms with Gasteiger partial charge in [-0.3, -0.25) is 9.59 Å². The van der Waals surface area contributed by atoms with Crippen molar-refractivity contribution in [2.75, 3.05) is 7.11 Å². The van der Waals surface area contributed by atoms with Crippen molar-refractivity contribution in [1.82, 2.24) is 10.0 Å². The number of carbonyl (C=O) groups excluding carboxylic acids is 2. The SMILES string of the molecule is COC(=O)CC(NC(=O)CCc1ccc(S(=O)(=O)NC2CC2)cc1)c1ccc(Cl)cc1. The van der Waals surface area contributed by atoms with Crippen LogP contribution in [0.5, 0.6) is 0 Å². The summed E-state index contributed by atoms with van der Waals surface area (Å²) in [5.74, 6) is -0.659. The van der Waals surface area contributed by atoms with Gasteiger partial charge in [0.15, 0.2) is 0 Å². The predicted octanol–water partition coefficient (Wildman–Crippen LogP) is 3.13. The van der Waals surface area contributed by atoms with Crippen LogP contribution in [0.25, 0.3) is 0 Å². The highest BCUT2D eigenvalue weighted by Crippen LogP contribution is 2.23. The predicted molar refractivity (Wildman–Crippen MR) is 117 cm³/mol. The molecule has 9 heteroatoms. The quantitative estimate of drug-likeness (QED) is 0.526. The van der Waals surface area contributed by atoms with E-state index >= 15 is 0 Å². The summed E-state index contributed by atoms with van der Waals surface area (Å²) in [6.07, 6.45) is 2.38. The zero-order valence-corrected chi connectivity index (χ0v) is 18.7. The average Bonchev–Trinajstić information content (AvgIpc) is 3.56. The Labute approximate surface area is 187 Å². The van der Waals surface area contributed by atoms with E-state index < -0.39 is 22.0 Å². The number of sulfonamides is 1. The topological polar surface area (TPSA) is 102 Å². The number of aryl methyl sites for hydroxylation is 1. The molecule has 1 aliphatic rings. The third-order valence-electron chi connectivity index (χ3n) is 4.98. The third-order valence-corrected chi connectivity index (χ3v) is 6.77. The highest BCUT2D eigenvalue weighted by atomic mass is 35.5. The molecule has 0 aromatic heterocycles. The van der Waals surface area contributed by atoms with Crippen molar-refractivity contribution in [3.8, 4) is 0 Å². The molecule has 0 spiro atoms. The fourth-order valence-electron chi connectivity index (χ4n) is 3.05. The summed E-state index contributed by atoms with van der Waals surface area (Å²) in [6, 6.07) is 12.9. The lowest BCUT2D eigenvalue weighted by molar-refractivity contribution is -0.141. The molecule has 166 valence electrons. The minimum absolute atomic E-state index is 0.00439. The van der Waals surface area contributed by atoms with Crippen LogP contribution in [-0.2, 0) is 30.8 Å². The van der Waals surface area contributed by atoms with Gasteiger partial charge in [-0.25, -0.2) is 13.1 Å². The van der Waals surface area contributed by atoms with E-state index in [1.54, 1.807) is 48.5 Å². The van der Waals surface area contributed by atoms with Gasteiger partial charge in [-0.15, -0.1) is 0 Å². The summed E-state index contributed by atoms with van der Waals surface area (Å²) in [6.45, 7) is 0. The van der Waals surface area contributed by atoms with Gasteiger partial charge in [0.2, 0.25) is 15.9 Å². The van der Waals surface area contributed by atoms with Crippen molar-refractivity contribution in [3.05, 3.63) is 64.7 Å². The molecule has 1 saturated carbocycles. The molecule has 2 aromatic rings. The maximum Gasteiger partial charge on any atom is 0.307 e. The zero-order chi connectivity index (χ0) is 22.4. The van der Waals surface area contributed by atoms with Crippen LogP contribution in [0.4, 0.5) is 0 Å². The van der Waals surface area contributed by atoms with Crippen LogP contribution in [-0.4, -0.2) is 33.4 Å². The van der Waals surface area contributed by atoms with Crippen molar-refractivity contribution in [1.29, 1.82) is 0 Å². The van der Waals surface area contributed by atoms with Crippen LogP contribution in [0.3, 0.4) is 0 Å². The van der Waals surface area contributed by atoms with Crippen LogP contribution >= 0.6 is 11.6 Å². The van der Waals surface area contributed by atoms with Gasteiger partial charge in [0.25, 0.3) is 0 Å². The Hall–Kier alpha value is -2.42. The molecule has 0 radical (unpaired) electrons. The van der Waals surface area contributed by atoms with E-state index in [1.807, 2.05) is 0 Å². The molecule has 2 N–H and O–H groups in total. The van der Waals surface area contributed by atoms with E-state index in [0.717, 1.165) is 24.0 Å². The molecular formula is C22H25ClN2O5S. The number of hydrogen-bond donors (Lipinski definition) is 2. The molecule has 3 rings (SSSR count). The lowest BCUT2D eigenvalue weighted by Crippen LogP contribution is -2.30. The second-order valence-electron chi connectivity index (χ2n) is 7.49. The Kier molecular flexibility index (Phi) is 7.69. The Morgan fingerprint density at radius 2 is 1.74 bits per heavy atom. The average molecular weight is 465 g/mol. The number of ether oxygens (including phenoxy) is 1. The van der Waals surface area contributed by atoms with Gasteiger partial charge in [-0.1, -0.05) is 35.9 Å². The number of methoxy groups -OCH3 is 1. The standard InChI is InChI=1S/C22H25ClN2O5S/c1-30-22(27)14-20(16-5-7-17(23)8-6-16)24-21(26)13-4-15-2-11-19(12-3-15)31(28,29)25-18-9-10-18/h2-3,5-8,11-12,18,20,25H,4,9-10,13-14H2,1H3,(H,24,26). The number of amides is 1. The molecule has 1 amide bonds. The minimum Gasteiger partial charge on any atom is -0.469 e. The van der Waals surface area contributed by atoms with Gasteiger partial charge < -0.3 is 10.1 Å². The van der Waals surface area contributed by atoms with Gasteiger partial charge >= 0.3 is 5.97 Å². The number of carbonyl (C=O) groups is 2. The monoisotopic (exact) mass is 464 g/mol. The summed E-state index contributed by atoms with van der Waals surface area (Å²) < 4.78 is 31.8. The third kappa shape index (κ3) is 7.05. The lowest BCUT2D eigenvalue weighted by Gasteiger charge is -2.18. The Balaban J connectivity index is 1.58. The van der Waals surface area contributed by atoms with Crippen molar-refractivity contribution < 1.29 is 22.7 Å². The first kappa shape index (κ1) is 23.2. The smallest absolute Gasteiger partial charge is 0.307 e. The second kappa shape index (κ2) is 10.3. The van der Waals surface area contributed by atoms with E-state index in [9.17, 15) is 18.0 Å². The van der Waals surface area contributed by atoms with E-state index in [2.05, 4.69) is 10.0 Å². The van der Waals surface area contributed by atoms with Gasteiger partial charge in [0, 0.05) is 17.5 Å².